The fourth-order valence-electron chi connectivity index (χ4n) is 4.36. The van der Waals surface area contributed by atoms with Crippen LogP contribution in [0.25, 0.3) is 0 Å². The van der Waals surface area contributed by atoms with Gasteiger partial charge in [-0.1, -0.05) is 54.6 Å². The minimum atomic E-state index is -0.672. The van der Waals surface area contributed by atoms with Gasteiger partial charge in [0.2, 0.25) is 5.91 Å². The van der Waals surface area contributed by atoms with E-state index in [4.69, 9.17) is 9.47 Å². The van der Waals surface area contributed by atoms with Crippen LogP contribution in [-0.4, -0.2) is 37.5 Å². The maximum absolute atomic E-state index is 13.4. The topological polar surface area (TPSA) is 67.9 Å². The minimum absolute atomic E-state index is 0.123. The molecule has 0 bridgehead atoms. The Labute approximate surface area is 194 Å². The molecule has 33 heavy (non-hydrogen) atoms. The molecule has 0 aromatic heterocycles. The van der Waals surface area contributed by atoms with E-state index in [2.05, 4.69) is 5.32 Å². The Balaban J connectivity index is 1.52. The van der Waals surface area contributed by atoms with Gasteiger partial charge < -0.3 is 19.7 Å². The molecular formula is C27H28N2O4. The molecule has 1 aliphatic heterocycles. The summed E-state index contributed by atoms with van der Waals surface area (Å²) in [5.41, 5.74) is 3.33. The van der Waals surface area contributed by atoms with Crippen molar-refractivity contribution < 1.29 is 19.1 Å². The highest BCUT2D eigenvalue weighted by Gasteiger charge is 2.43. The molecule has 170 valence electrons. The number of carbonyl (C=O) groups is 2. The Morgan fingerprint density at radius 3 is 2.39 bits per heavy atom. The summed E-state index contributed by atoms with van der Waals surface area (Å²) in [7, 11) is 3.20. The Morgan fingerprint density at radius 2 is 1.67 bits per heavy atom. The molecule has 0 unspecified atom stereocenters. The third-order valence-corrected chi connectivity index (χ3v) is 6.11. The molecule has 2 atom stereocenters. The lowest BCUT2D eigenvalue weighted by molar-refractivity contribution is -0.126. The van der Waals surface area contributed by atoms with E-state index in [-0.39, 0.29) is 17.9 Å². The van der Waals surface area contributed by atoms with Crippen LogP contribution in [0, 0.1) is 0 Å². The SMILES string of the molecule is COc1ccc(CCNC(=O)[C@H]2c3ccccc3C(=O)N2[C@H](C)c2ccccc2)cc1OC. The Bertz CT molecular complexity index is 1150. The number of rotatable bonds is 8. The van der Waals surface area contributed by atoms with Gasteiger partial charge in [0.15, 0.2) is 11.5 Å². The molecule has 3 aromatic rings. The number of fused-ring (bicyclic) bond motifs is 1. The zero-order valence-electron chi connectivity index (χ0n) is 19.1. The summed E-state index contributed by atoms with van der Waals surface area (Å²) < 4.78 is 10.6. The van der Waals surface area contributed by atoms with Gasteiger partial charge >= 0.3 is 0 Å². The molecule has 0 spiro atoms. The van der Waals surface area contributed by atoms with E-state index in [9.17, 15) is 9.59 Å². The smallest absolute Gasteiger partial charge is 0.255 e. The molecule has 1 heterocycles. The number of amides is 2. The molecule has 0 saturated carbocycles. The average Bonchev–Trinajstić information content (AvgIpc) is 3.16. The average molecular weight is 445 g/mol. The van der Waals surface area contributed by atoms with Crippen molar-refractivity contribution in [3.8, 4) is 11.5 Å². The van der Waals surface area contributed by atoms with Gasteiger partial charge in [-0.3, -0.25) is 9.59 Å². The maximum Gasteiger partial charge on any atom is 0.255 e. The van der Waals surface area contributed by atoms with Crippen molar-refractivity contribution in [2.45, 2.75) is 25.4 Å². The molecule has 0 aliphatic carbocycles. The van der Waals surface area contributed by atoms with Gasteiger partial charge in [0.05, 0.1) is 20.3 Å². The van der Waals surface area contributed by atoms with Crippen molar-refractivity contribution in [1.29, 1.82) is 0 Å². The molecule has 0 saturated heterocycles. The van der Waals surface area contributed by atoms with Crippen molar-refractivity contribution in [3.63, 3.8) is 0 Å². The summed E-state index contributed by atoms with van der Waals surface area (Å²) in [6, 6.07) is 21.9. The lowest BCUT2D eigenvalue weighted by atomic mass is 10.0. The predicted molar refractivity (Wildman–Crippen MR) is 126 cm³/mol. The van der Waals surface area contributed by atoms with E-state index in [1.807, 2.05) is 73.7 Å². The molecule has 0 fully saturated rings. The van der Waals surface area contributed by atoms with Gasteiger partial charge in [0.1, 0.15) is 6.04 Å². The van der Waals surface area contributed by atoms with Crippen LogP contribution in [-0.2, 0) is 11.2 Å². The van der Waals surface area contributed by atoms with Crippen LogP contribution in [0.15, 0.2) is 72.8 Å². The lowest BCUT2D eigenvalue weighted by Gasteiger charge is -2.31. The quantitative estimate of drug-likeness (QED) is 0.562. The van der Waals surface area contributed by atoms with Crippen LogP contribution >= 0.6 is 0 Å². The monoisotopic (exact) mass is 444 g/mol. The van der Waals surface area contributed by atoms with Gasteiger partial charge in [-0.25, -0.2) is 0 Å². The van der Waals surface area contributed by atoms with Crippen molar-refractivity contribution in [2.24, 2.45) is 0 Å². The number of nitrogens with one attached hydrogen (secondary N) is 1. The first-order chi connectivity index (χ1) is 16.0. The van der Waals surface area contributed by atoms with Crippen molar-refractivity contribution in [3.05, 3.63) is 95.1 Å². The number of benzene rings is 3. The van der Waals surface area contributed by atoms with Gasteiger partial charge in [0.25, 0.3) is 5.91 Å². The number of hydrogen-bond donors (Lipinski definition) is 1. The Kier molecular flexibility index (Phi) is 6.63. The Morgan fingerprint density at radius 1 is 0.970 bits per heavy atom. The van der Waals surface area contributed by atoms with Crippen LogP contribution in [0.5, 0.6) is 11.5 Å². The van der Waals surface area contributed by atoms with Crippen LogP contribution < -0.4 is 14.8 Å². The van der Waals surface area contributed by atoms with E-state index in [1.54, 1.807) is 25.2 Å². The number of nitrogens with zero attached hydrogens (tertiary/aromatic N) is 1. The van der Waals surface area contributed by atoms with Gasteiger partial charge in [-0.05, 0) is 48.2 Å². The van der Waals surface area contributed by atoms with E-state index >= 15 is 0 Å². The number of carbonyl (C=O) groups excluding carboxylic acids is 2. The standard InChI is InChI=1S/C27H28N2O4/c1-18(20-9-5-4-6-10-20)29-25(21-11-7-8-12-22(21)27(29)31)26(30)28-16-15-19-13-14-23(32-2)24(17-19)33-3/h4-14,17-18,25H,15-16H2,1-3H3,(H,28,30)/t18-,25-/m1/s1. The third-order valence-electron chi connectivity index (χ3n) is 6.11. The highest BCUT2D eigenvalue weighted by atomic mass is 16.5. The number of methoxy groups -OCH3 is 2. The van der Waals surface area contributed by atoms with E-state index in [0.29, 0.717) is 30.0 Å². The normalized spacial score (nSPS) is 15.7. The predicted octanol–water partition coefficient (Wildman–Crippen LogP) is 4.32. The minimum Gasteiger partial charge on any atom is -0.493 e. The second-order valence-electron chi connectivity index (χ2n) is 8.02. The number of hydrogen-bond acceptors (Lipinski definition) is 4. The number of ether oxygens (including phenoxy) is 2. The fourth-order valence-corrected chi connectivity index (χ4v) is 4.36. The third kappa shape index (κ3) is 4.42. The van der Waals surface area contributed by atoms with Crippen LogP contribution in [0.2, 0.25) is 0 Å². The van der Waals surface area contributed by atoms with Crippen molar-refractivity contribution in [1.82, 2.24) is 10.2 Å². The van der Waals surface area contributed by atoms with E-state index in [1.165, 1.54) is 0 Å². The summed E-state index contributed by atoms with van der Waals surface area (Å²) in [6.45, 7) is 2.40. The highest BCUT2D eigenvalue weighted by Crippen LogP contribution is 2.39. The van der Waals surface area contributed by atoms with Crippen LogP contribution in [0.4, 0.5) is 0 Å². The van der Waals surface area contributed by atoms with E-state index in [0.717, 1.165) is 16.7 Å². The fraction of sp³-hybridized carbons (Fsp3) is 0.259. The second-order valence-corrected chi connectivity index (χ2v) is 8.02. The summed E-state index contributed by atoms with van der Waals surface area (Å²) >= 11 is 0. The molecule has 0 radical (unpaired) electrons. The molecule has 3 aromatic carbocycles. The maximum atomic E-state index is 13.4. The van der Waals surface area contributed by atoms with Gasteiger partial charge in [0, 0.05) is 12.1 Å². The first-order valence-electron chi connectivity index (χ1n) is 11.0. The first-order valence-corrected chi connectivity index (χ1v) is 11.0. The van der Waals surface area contributed by atoms with E-state index < -0.39 is 6.04 Å². The largest absolute Gasteiger partial charge is 0.493 e. The molecular weight excluding hydrogens is 416 g/mol. The highest BCUT2D eigenvalue weighted by molar-refractivity contribution is 6.04. The van der Waals surface area contributed by atoms with Gasteiger partial charge in [-0.2, -0.15) is 0 Å². The molecule has 2 amide bonds. The first kappa shape index (κ1) is 22.4. The van der Waals surface area contributed by atoms with Crippen LogP contribution in [0.1, 0.15) is 46.1 Å². The Hall–Kier alpha value is -3.80. The lowest BCUT2D eigenvalue weighted by Crippen LogP contribution is -2.41. The molecule has 6 heteroatoms. The molecule has 1 aliphatic rings. The van der Waals surface area contributed by atoms with Crippen LogP contribution in [0.3, 0.4) is 0 Å². The summed E-state index contributed by atoms with van der Waals surface area (Å²) in [5, 5.41) is 3.03. The zero-order valence-corrected chi connectivity index (χ0v) is 19.1. The van der Waals surface area contributed by atoms with Gasteiger partial charge in [-0.15, -0.1) is 0 Å². The summed E-state index contributed by atoms with van der Waals surface area (Å²) in [5.74, 6) is 1.01. The molecule has 6 nitrogen and oxygen atoms in total. The summed E-state index contributed by atoms with van der Waals surface area (Å²) in [6.07, 6.45) is 0.628. The molecule has 1 N–H and O–H groups in total. The van der Waals surface area contributed by atoms with Crippen molar-refractivity contribution in [2.75, 3.05) is 20.8 Å². The summed E-state index contributed by atoms with van der Waals surface area (Å²) in [4.78, 5) is 28.3. The zero-order chi connectivity index (χ0) is 23.4. The molecule has 4 rings (SSSR count). The van der Waals surface area contributed by atoms with Crippen molar-refractivity contribution >= 4 is 11.8 Å². The second kappa shape index (κ2) is 9.77.